The lowest BCUT2D eigenvalue weighted by Gasteiger charge is -2.27. The molecule has 0 amide bonds. The van der Waals surface area contributed by atoms with Gasteiger partial charge in [-0.25, -0.2) is 0 Å². The third-order valence-corrected chi connectivity index (χ3v) is 6.67. The van der Waals surface area contributed by atoms with Crippen molar-refractivity contribution in [2.75, 3.05) is 7.11 Å². The molecule has 4 aromatic carbocycles. The SMILES string of the molecule is COc1ccc(C(C)(C)c2ccc(Oc3ccc(C(=O)c4ccc(C)cc4)cc3)c(C)c2)cc1C. The molecule has 0 fully saturated rings. The first-order chi connectivity index (χ1) is 16.7. The number of rotatable bonds is 7. The maximum atomic E-state index is 12.7. The minimum atomic E-state index is -0.168. The Morgan fingerprint density at radius 2 is 1.14 bits per heavy atom. The molecule has 0 aromatic heterocycles. The predicted octanol–water partition coefficient (Wildman–Crippen LogP) is 7.97. The number of carbonyl (C=O) groups is 1. The maximum absolute atomic E-state index is 12.7. The van der Waals surface area contributed by atoms with Crippen LogP contribution in [0.5, 0.6) is 17.2 Å². The zero-order chi connectivity index (χ0) is 25.2. The van der Waals surface area contributed by atoms with Gasteiger partial charge in [-0.3, -0.25) is 4.79 Å². The molecule has 4 rings (SSSR count). The number of ketones is 1. The van der Waals surface area contributed by atoms with Crippen LogP contribution in [-0.4, -0.2) is 12.9 Å². The van der Waals surface area contributed by atoms with Gasteiger partial charge >= 0.3 is 0 Å². The van der Waals surface area contributed by atoms with Gasteiger partial charge in [-0.05, 0) is 79.4 Å². The fourth-order valence-electron chi connectivity index (χ4n) is 4.26. The second-order valence-corrected chi connectivity index (χ2v) is 9.61. The average Bonchev–Trinajstić information content (AvgIpc) is 2.85. The van der Waals surface area contributed by atoms with E-state index in [-0.39, 0.29) is 11.2 Å². The van der Waals surface area contributed by atoms with Crippen molar-refractivity contribution in [3.8, 4) is 17.2 Å². The van der Waals surface area contributed by atoms with E-state index in [0.29, 0.717) is 16.9 Å². The summed E-state index contributed by atoms with van der Waals surface area (Å²) in [5.41, 5.74) is 6.92. The first-order valence-electron chi connectivity index (χ1n) is 11.8. The van der Waals surface area contributed by atoms with Gasteiger partial charge < -0.3 is 9.47 Å². The molecule has 0 spiro atoms. The van der Waals surface area contributed by atoms with Crippen LogP contribution in [0.3, 0.4) is 0 Å². The van der Waals surface area contributed by atoms with Crippen LogP contribution in [0.15, 0.2) is 84.9 Å². The molecule has 0 aliphatic heterocycles. The van der Waals surface area contributed by atoms with E-state index in [9.17, 15) is 4.79 Å². The van der Waals surface area contributed by atoms with Crippen LogP contribution in [0.2, 0.25) is 0 Å². The Bertz CT molecular complexity index is 1350. The Labute approximate surface area is 208 Å². The molecule has 3 heteroatoms. The van der Waals surface area contributed by atoms with Gasteiger partial charge in [0.05, 0.1) is 7.11 Å². The van der Waals surface area contributed by atoms with Gasteiger partial charge in [0.1, 0.15) is 17.2 Å². The lowest BCUT2D eigenvalue weighted by atomic mass is 9.77. The molecule has 4 aromatic rings. The number of hydrogen-bond donors (Lipinski definition) is 0. The summed E-state index contributed by atoms with van der Waals surface area (Å²) in [4.78, 5) is 12.7. The number of ether oxygens (including phenoxy) is 2. The van der Waals surface area contributed by atoms with E-state index < -0.39 is 0 Å². The van der Waals surface area contributed by atoms with Crippen LogP contribution in [0.4, 0.5) is 0 Å². The first-order valence-corrected chi connectivity index (χ1v) is 11.8. The van der Waals surface area contributed by atoms with Crippen molar-refractivity contribution in [2.45, 2.75) is 40.0 Å². The average molecular weight is 465 g/mol. The van der Waals surface area contributed by atoms with Gasteiger partial charge in [0.2, 0.25) is 0 Å². The van der Waals surface area contributed by atoms with Crippen molar-refractivity contribution in [3.05, 3.63) is 124 Å². The molecule has 0 saturated carbocycles. The summed E-state index contributed by atoms with van der Waals surface area (Å²) in [5, 5.41) is 0. The van der Waals surface area contributed by atoms with E-state index in [1.54, 1.807) is 7.11 Å². The first kappa shape index (κ1) is 24.3. The minimum absolute atomic E-state index is 0.00748. The van der Waals surface area contributed by atoms with Gasteiger partial charge in [0.25, 0.3) is 0 Å². The highest BCUT2D eigenvalue weighted by Gasteiger charge is 2.24. The maximum Gasteiger partial charge on any atom is 0.193 e. The Morgan fingerprint density at radius 1 is 0.657 bits per heavy atom. The predicted molar refractivity (Wildman–Crippen MR) is 142 cm³/mol. The highest BCUT2D eigenvalue weighted by atomic mass is 16.5. The van der Waals surface area contributed by atoms with E-state index in [1.807, 2.05) is 67.6 Å². The largest absolute Gasteiger partial charge is 0.496 e. The van der Waals surface area contributed by atoms with Gasteiger partial charge in [0.15, 0.2) is 5.78 Å². The topological polar surface area (TPSA) is 35.5 Å². The fourth-order valence-corrected chi connectivity index (χ4v) is 4.26. The summed E-state index contributed by atoms with van der Waals surface area (Å²) in [5.74, 6) is 2.41. The third-order valence-electron chi connectivity index (χ3n) is 6.67. The molecule has 0 saturated heterocycles. The second-order valence-electron chi connectivity index (χ2n) is 9.61. The van der Waals surface area contributed by atoms with Gasteiger partial charge in [-0.1, -0.05) is 67.9 Å². The van der Waals surface area contributed by atoms with E-state index in [0.717, 1.165) is 28.2 Å². The zero-order valence-corrected chi connectivity index (χ0v) is 21.3. The Balaban J connectivity index is 1.51. The molecular formula is C32H32O3. The standard InChI is InChI=1S/C32H32O3/c1-21-7-9-24(10-8-21)31(33)25-11-15-28(16-12-25)35-30-18-14-27(20-23(30)3)32(4,5)26-13-17-29(34-6)22(2)19-26/h7-20H,1-6H3. The molecule has 0 N–H and O–H groups in total. The normalized spacial score (nSPS) is 11.3. The smallest absolute Gasteiger partial charge is 0.193 e. The Hall–Kier alpha value is -3.85. The highest BCUT2D eigenvalue weighted by molar-refractivity contribution is 6.09. The van der Waals surface area contributed by atoms with Crippen LogP contribution in [0, 0.1) is 20.8 Å². The van der Waals surface area contributed by atoms with Gasteiger partial charge in [0, 0.05) is 16.5 Å². The molecular weight excluding hydrogens is 432 g/mol. The summed E-state index contributed by atoms with van der Waals surface area (Å²) >= 11 is 0. The molecule has 35 heavy (non-hydrogen) atoms. The summed E-state index contributed by atoms with van der Waals surface area (Å²) in [6, 6.07) is 27.6. The number of methoxy groups -OCH3 is 1. The molecule has 178 valence electrons. The number of carbonyl (C=O) groups excluding carboxylic acids is 1. The summed E-state index contributed by atoms with van der Waals surface area (Å²) < 4.78 is 11.6. The van der Waals surface area contributed by atoms with Crippen LogP contribution < -0.4 is 9.47 Å². The van der Waals surface area contributed by atoms with Crippen molar-refractivity contribution < 1.29 is 14.3 Å². The Morgan fingerprint density at radius 3 is 1.63 bits per heavy atom. The van der Waals surface area contributed by atoms with Gasteiger partial charge in [-0.2, -0.15) is 0 Å². The highest BCUT2D eigenvalue weighted by Crippen LogP contribution is 2.36. The van der Waals surface area contributed by atoms with Crippen molar-refractivity contribution in [1.29, 1.82) is 0 Å². The van der Waals surface area contributed by atoms with E-state index >= 15 is 0 Å². The Kier molecular flexibility index (Phi) is 6.79. The number of aryl methyl sites for hydroxylation is 3. The molecule has 0 bridgehead atoms. The third kappa shape index (κ3) is 5.14. The summed E-state index contributed by atoms with van der Waals surface area (Å²) in [6.07, 6.45) is 0. The van der Waals surface area contributed by atoms with Crippen LogP contribution in [-0.2, 0) is 5.41 Å². The lowest BCUT2D eigenvalue weighted by molar-refractivity contribution is 0.103. The quantitative estimate of drug-likeness (QED) is 0.260. The van der Waals surface area contributed by atoms with Crippen molar-refractivity contribution in [3.63, 3.8) is 0 Å². The zero-order valence-electron chi connectivity index (χ0n) is 21.3. The van der Waals surface area contributed by atoms with E-state index in [1.165, 1.54) is 11.1 Å². The molecule has 0 unspecified atom stereocenters. The van der Waals surface area contributed by atoms with Crippen LogP contribution in [0.25, 0.3) is 0 Å². The van der Waals surface area contributed by atoms with Crippen molar-refractivity contribution in [2.24, 2.45) is 0 Å². The second kappa shape index (κ2) is 9.79. The minimum Gasteiger partial charge on any atom is -0.496 e. The van der Waals surface area contributed by atoms with Gasteiger partial charge in [-0.15, -0.1) is 0 Å². The molecule has 0 atom stereocenters. The molecule has 0 radical (unpaired) electrons. The van der Waals surface area contributed by atoms with Crippen molar-refractivity contribution >= 4 is 5.78 Å². The summed E-state index contributed by atoms with van der Waals surface area (Å²) in [7, 11) is 1.70. The fraction of sp³-hybridized carbons (Fsp3) is 0.219. The van der Waals surface area contributed by atoms with E-state index in [4.69, 9.17) is 9.47 Å². The molecule has 0 aliphatic rings. The number of benzene rings is 4. The van der Waals surface area contributed by atoms with Crippen molar-refractivity contribution in [1.82, 2.24) is 0 Å². The number of hydrogen-bond acceptors (Lipinski definition) is 3. The molecule has 0 aliphatic carbocycles. The molecule has 3 nitrogen and oxygen atoms in total. The molecule has 0 heterocycles. The lowest BCUT2D eigenvalue weighted by Crippen LogP contribution is -2.19. The monoisotopic (exact) mass is 464 g/mol. The van der Waals surface area contributed by atoms with E-state index in [2.05, 4.69) is 52.0 Å². The van der Waals surface area contributed by atoms with Crippen LogP contribution >= 0.6 is 0 Å². The van der Waals surface area contributed by atoms with Crippen LogP contribution in [0.1, 0.15) is 57.6 Å². The summed E-state index contributed by atoms with van der Waals surface area (Å²) in [6.45, 7) is 10.6.